The van der Waals surface area contributed by atoms with E-state index in [2.05, 4.69) is 57.1 Å². The molecular weight excluding hydrogens is 314 g/mol. The number of nitrogens with zero attached hydrogens (tertiary/aromatic N) is 1. The number of carbonyl (C=O) groups excluding carboxylic acids is 1. The molecule has 1 amide bonds. The largest absolute Gasteiger partial charge is 0.376 e. The lowest BCUT2D eigenvalue weighted by atomic mass is 9.92. The first kappa shape index (κ1) is 22.4. The Kier molecular flexibility index (Phi) is 9.98. The Hall–Kier alpha value is -0.650. The Morgan fingerprint density at radius 1 is 1.24 bits per heavy atom. The van der Waals surface area contributed by atoms with E-state index < -0.39 is 0 Å². The average Bonchev–Trinajstić information content (AvgIpc) is 2.48. The van der Waals surface area contributed by atoms with Gasteiger partial charge in [-0.05, 0) is 30.2 Å². The molecule has 0 aromatic heterocycles. The van der Waals surface area contributed by atoms with Gasteiger partial charge in [-0.1, -0.05) is 41.5 Å². The van der Waals surface area contributed by atoms with Crippen LogP contribution in [0.5, 0.6) is 0 Å². The van der Waals surface area contributed by atoms with E-state index in [4.69, 9.17) is 4.74 Å². The lowest BCUT2D eigenvalue weighted by Gasteiger charge is -2.34. The molecule has 0 aromatic carbocycles. The quantitative estimate of drug-likeness (QED) is 0.591. The highest BCUT2D eigenvalue weighted by atomic mass is 16.5. The molecule has 1 heterocycles. The average molecular weight is 356 g/mol. The zero-order valence-electron chi connectivity index (χ0n) is 17.4. The van der Waals surface area contributed by atoms with Crippen LogP contribution in [0.15, 0.2) is 0 Å². The van der Waals surface area contributed by atoms with Gasteiger partial charge in [0.2, 0.25) is 5.91 Å². The maximum Gasteiger partial charge on any atom is 0.220 e. The number of amides is 1. The predicted octanol–water partition coefficient (Wildman–Crippen LogP) is 2.51. The van der Waals surface area contributed by atoms with Crippen molar-refractivity contribution in [3.63, 3.8) is 0 Å². The van der Waals surface area contributed by atoms with E-state index >= 15 is 0 Å². The normalized spacial score (nSPS) is 20.7. The molecule has 0 spiro atoms. The van der Waals surface area contributed by atoms with Crippen LogP contribution in [0.4, 0.5) is 0 Å². The molecule has 2 N–H and O–H groups in total. The smallest absolute Gasteiger partial charge is 0.220 e. The minimum absolute atomic E-state index is 0.0455. The summed E-state index contributed by atoms with van der Waals surface area (Å²) in [6, 6.07) is 0. The van der Waals surface area contributed by atoms with E-state index in [0.29, 0.717) is 18.3 Å². The summed E-state index contributed by atoms with van der Waals surface area (Å²) in [4.78, 5) is 14.4. The molecule has 1 fully saturated rings. The van der Waals surface area contributed by atoms with Gasteiger partial charge in [-0.15, -0.1) is 0 Å². The number of carbonyl (C=O) groups is 1. The molecule has 1 aliphatic rings. The Morgan fingerprint density at radius 3 is 2.60 bits per heavy atom. The molecule has 5 heteroatoms. The van der Waals surface area contributed by atoms with Crippen molar-refractivity contribution < 1.29 is 9.53 Å². The molecule has 1 aliphatic heterocycles. The highest BCUT2D eigenvalue weighted by Gasteiger charge is 2.22. The Morgan fingerprint density at radius 2 is 1.96 bits per heavy atom. The van der Waals surface area contributed by atoms with Crippen molar-refractivity contribution in [2.45, 2.75) is 60.5 Å². The lowest BCUT2D eigenvalue weighted by molar-refractivity contribution is -0.123. The van der Waals surface area contributed by atoms with Gasteiger partial charge in [-0.25, -0.2) is 0 Å². The number of rotatable bonds is 10. The highest BCUT2D eigenvalue weighted by Crippen LogP contribution is 2.18. The van der Waals surface area contributed by atoms with Crippen molar-refractivity contribution >= 4 is 5.91 Å². The van der Waals surface area contributed by atoms with Gasteiger partial charge in [0.25, 0.3) is 0 Å². The maximum atomic E-state index is 11.9. The molecule has 0 aliphatic carbocycles. The standard InChI is InChI=1S/C20H41N3O2/c1-16(2)13-21-7-8-23-9-10-25-18(15-23)11-17(3)14-22-19(24)12-20(4,5)6/h16-18,21H,7-15H2,1-6H3,(H,22,24). The molecule has 148 valence electrons. The van der Waals surface area contributed by atoms with E-state index in [-0.39, 0.29) is 17.4 Å². The van der Waals surface area contributed by atoms with Crippen molar-refractivity contribution in [2.24, 2.45) is 17.3 Å². The van der Waals surface area contributed by atoms with Gasteiger partial charge in [0.1, 0.15) is 0 Å². The van der Waals surface area contributed by atoms with Crippen molar-refractivity contribution in [1.82, 2.24) is 15.5 Å². The van der Waals surface area contributed by atoms with Gasteiger partial charge >= 0.3 is 0 Å². The van der Waals surface area contributed by atoms with Crippen LogP contribution in [-0.4, -0.2) is 62.8 Å². The summed E-state index contributed by atoms with van der Waals surface area (Å²) >= 11 is 0. The van der Waals surface area contributed by atoms with Crippen LogP contribution >= 0.6 is 0 Å². The van der Waals surface area contributed by atoms with E-state index in [0.717, 1.165) is 52.3 Å². The first-order valence-corrected chi connectivity index (χ1v) is 9.97. The molecule has 1 saturated heterocycles. The van der Waals surface area contributed by atoms with Crippen LogP contribution in [-0.2, 0) is 9.53 Å². The third kappa shape index (κ3) is 11.6. The predicted molar refractivity (Wildman–Crippen MR) is 105 cm³/mol. The Labute approximate surface area is 155 Å². The van der Waals surface area contributed by atoms with Crippen molar-refractivity contribution in [3.8, 4) is 0 Å². The lowest BCUT2D eigenvalue weighted by Crippen LogP contribution is -2.46. The van der Waals surface area contributed by atoms with Crippen molar-refractivity contribution in [2.75, 3.05) is 45.9 Å². The van der Waals surface area contributed by atoms with Gasteiger partial charge in [0.15, 0.2) is 0 Å². The number of hydrogen-bond acceptors (Lipinski definition) is 4. The van der Waals surface area contributed by atoms with Gasteiger partial charge in [-0.3, -0.25) is 9.69 Å². The molecular formula is C20H41N3O2. The number of ether oxygens (including phenoxy) is 1. The highest BCUT2D eigenvalue weighted by molar-refractivity contribution is 5.76. The monoisotopic (exact) mass is 355 g/mol. The summed E-state index contributed by atoms with van der Waals surface area (Å²) in [5.74, 6) is 1.29. The summed E-state index contributed by atoms with van der Waals surface area (Å²) in [6.45, 7) is 19.8. The molecule has 0 aromatic rings. The Balaban J connectivity index is 2.21. The molecule has 5 nitrogen and oxygen atoms in total. The number of hydrogen-bond donors (Lipinski definition) is 2. The fourth-order valence-electron chi connectivity index (χ4n) is 3.12. The van der Waals surface area contributed by atoms with Crippen LogP contribution in [0.1, 0.15) is 54.4 Å². The zero-order chi connectivity index (χ0) is 18.9. The molecule has 2 atom stereocenters. The van der Waals surface area contributed by atoms with Crippen LogP contribution in [0, 0.1) is 17.3 Å². The SMILES string of the molecule is CC(C)CNCCN1CCOC(CC(C)CNC(=O)CC(C)(C)C)C1. The molecule has 0 bridgehead atoms. The number of nitrogens with one attached hydrogen (secondary N) is 2. The van der Waals surface area contributed by atoms with Gasteiger partial charge in [0.05, 0.1) is 12.7 Å². The van der Waals surface area contributed by atoms with Crippen LogP contribution in [0.2, 0.25) is 0 Å². The fraction of sp³-hybridized carbons (Fsp3) is 0.950. The van der Waals surface area contributed by atoms with Crippen LogP contribution < -0.4 is 10.6 Å². The topological polar surface area (TPSA) is 53.6 Å². The van der Waals surface area contributed by atoms with Gasteiger partial charge in [-0.2, -0.15) is 0 Å². The van der Waals surface area contributed by atoms with Gasteiger partial charge in [0, 0.05) is 39.1 Å². The molecule has 2 unspecified atom stereocenters. The fourth-order valence-corrected chi connectivity index (χ4v) is 3.12. The first-order chi connectivity index (χ1) is 11.7. The minimum Gasteiger partial charge on any atom is -0.376 e. The number of morpholine rings is 1. The molecule has 0 radical (unpaired) electrons. The van der Waals surface area contributed by atoms with Crippen molar-refractivity contribution in [1.29, 1.82) is 0 Å². The molecule has 1 rings (SSSR count). The van der Waals surface area contributed by atoms with Crippen molar-refractivity contribution in [3.05, 3.63) is 0 Å². The maximum absolute atomic E-state index is 11.9. The van der Waals surface area contributed by atoms with E-state index in [1.165, 1.54) is 0 Å². The van der Waals surface area contributed by atoms with Crippen LogP contribution in [0.25, 0.3) is 0 Å². The second-order valence-corrected chi connectivity index (χ2v) is 9.27. The first-order valence-electron chi connectivity index (χ1n) is 9.97. The summed E-state index contributed by atoms with van der Waals surface area (Å²) < 4.78 is 5.94. The summed E-state index contributed by atoms with van der Waals surface area (Å²) in [5.41, 5.74) is 0.0455. The summed E-state index contributed by atoms with van der Waals surface area (Å²) in [5, 5.41) is 6.58. The summed E-state index contributed by atoms with van der Waals surface area (Å²) in [7, 11) is 0. The molecule has 25 heavy (non-hydrogen) atoms. The second kappa shape index (κ2) is 11.1. The van der Waals surface area contributed by atoms with E-state index in [1.807, 2.05) is 0 Å². The molecule has 0 saturated carbocycles. The van der Waals surface area contributed by atoms with Gasteiger partial charge < -0.3 is 15.4 Å². The van der Waals surface area contributed by atoms with E-state index in [1.54, 1.807) is 0 Å². The minimum atomic E-state index is 0.0455. The Bertz CT molecular complexity index is 380. The third-order valence-corrected chi connectivity index (χ3v) is 4.38. The zero-order valence-corrected chi connectivity index (χ0v) is 17.4. The second-order valence-electron chi connectivity index (χ2n) is 9.27. The summed E-state index contributed by atoms with van der Waals surface area (Å²) in [6.07, 6.45) is 1.87. The van der Waals surface area contributed by atoms with E-state index in [9.17, 15) is 4.79 Å². The van der Waals surface area contributed by atoms with Crippen LogP contribution in [0.3, 0.4) is 0 Å². The third-order valence-electron chi connectivity index (χ3n) is 4.38.